The highest BCUT2D eigenvalue weighted by atomic mass is 16.3. The van der Waals surface area contributed by atoms with E-state index in [2.05, 4.69) is 5.32 Å². The first kappa shape index (κ1) is 15.0. The maximum Gasteiger partial charge on any atom is 0.261 e. The molecule has 0 saturated heterocycles. The summed E-state index contributed by atoms with van der Waals surface area (Å²) >= 11 is 0. The molecule has 3 rings (SSSR count). The van der Waals surface area contributed by atoms with Gasteiger partial charge >= 0.3 is 0 Å². The zero-order valence-electron chi connectivity index (χ0n) is 12.2. The number of aliphatic hydroxyl groups is 2. The molecule has 1 amide bonds. The van der Waals surface area contributed by atoms with Crippen molar-refractivity contribution in [1.82, 2.24) is 0 Å². The van der Waals surface area contributed by atoms with Crippen molar-refractivity contribution >= 4 is 23.1 Å². The number of benzene rings is 2. The first-order chi connectivity index (χ1) is 11.0. The predicted molar refractivity (Wildman–Crippen MR) is 85.6 cm³/mol. The quantitative estimate of drug-likeness (QED) is 0.598. The standard InChI is InChI=1S/C18H15NO4/c20-13(10-16(21)12-6-2-1-3-7-12)11-18(23)14-8-4-5-9-15(14)19-17(18)22/h1-10,21,23H,11H2,(H,19,22). The fraction of sp³-hybridized carbons (Fsp3) is 0.111. The normalized spacial score (nSPS) is 20.0. The number of rotatable bonds is 4. The smallest absolute Gasteiger partial charge is 0.261 e. The number of ketones is 1. The summed E-state index contributed by atoms with van der Waals surface area (Å²) in [6.07, 6.45) is 0.592. The average molecular weight is 309 g/mol. The van der Waals surface area contributed by atoms with Crippen LogP contribution >= 0.6 is 0 Å². The molecule has 116 valence electrons. The number of anilines is 1. The number of fused-ring (bicyclic) bond motifs is 1. The van der Waals surface area contributed by atoms with Gasteiger partial charge < -0.3 is 15.5 Å². The summed E-state index contributed by atoms with van der Waals surface area (Å²) in [6, 6.07) is 15.3. The monoisotopic (exact) mass is 309 g/mol. The van der Waals surface area contributed by atoms with Crippen LogP contribution in [0.5, 0.6) is 0 Å². The van der Waals surface area contributed by atoms with Gasteiger partial charge in [-0.3, -0.25) is 9.59 Å². The van der Waals surface area contributed by atoms with E-state index in [0.29, 0.717) is 16.8 Å². The highest BCUT2D eigenvalue weighted by Crippen LogP contribution is 2.38. The Morgan fingerprint density at radius 2 is 1.74 bits per heavy atom. The van der Waals surface area contributed by atoms with Crippen molar-refractivity contribution in [1.29, 1.82) is 0 Å². The van der Waals surface area contributed by atoms with E-state index < -0.39 is 23.7 Å². The summed E-state index contributed by atoms with van der Waals surface area (Å²) in [5, 5.41) is 23.1. The Hall–Kier alpha value is -2.92. The molecule has 0 fully saturated rings. The summed E-state index contributed by atoms with van der Waals surface area (Å²) in [7, 11) is 0. The maximum absolute atomic E-state index is 12.2. The lowest BCUT2D eigenvalue weighted by Gasteiger charge is -2.19. The Morgan fingerprint density at radius 1 is 1.09 bits per heavy atom. The molecule has 1 aliphatic rings. The van der Waals surface area contributed by atoms with E-state index in [1.54, 1.807) is 54.6 Å². The van der Waals surface area contributed by atoms with Crippen LogP contribution < -0.4 is 5.32 Å². The number of aliphatic hydroxyl groups excluding tert-OH is 1. The Kier molecular flexibility index (Phi) is 3.72. The van der Waals surface area contributed by atoms with Crippen molar-refractivity contribution < 1.29 is 19.8 Å². The van der Waals surface area contributed by atoms with Gasteiger partial charge in [0.2, 0.25) is 0 Å². The SMILES string of the molecule is O=C(C=C(O)c1ccccc1)CC1(O)C(=O)Nc2ccccc21. The van der Waals surface area contributed by atoms with E-state index in [-0.39, 0.29) is 5.76 Å². The molecule has 0 radical (unpaired) electrons. The van der Waals surface area contributed by atoms with Gasteiger partial charge in [0.25, 0.3) is 5.91 Å². The molecular formula is C18H15NO4. The topological polar surface area (TPSA) is 86.6 Å². The number of nitrogens with one attached hydrogen (secondary N) is 1. The van der Waals surface area contributed by atoms with Gasteiger partial charge in [-0.2, -0.15) is 0 Å². The fourth-order valence-corrected chi connectivity index (χ4v) is 2.62. The molecule has 0 aromatic heterocycles. The Labute approximate surface area is 132 Å². The molecule has 1 heterocycles. The van der Waals surface area contributed by atoms with Crippen LogP contribution in [0.4, 0.5) is 5.69 Å². The molecule has 0 aliphatic carbocycles. The lowest BCUT2D eigenvalue weighted by molar-refractivity contribution is -0.138. The largest absolute Gasteiger partial charge is 0.507 e. The van der Waals surface area contributed by atoms with Crippen LogP contribution in [0, 0.1) is 0 Å². The van der Waals surface area contributed by atoms with Gasteiger partial charge in [0.15, 0.2) is 11.4 Å². The molecule has 23 heavy (non-hydrogen) atoms. The summed E-state index contributed by atoms with van der Waals surface area (Å²) in [5.41, 5.74) is -0.569. The Morgan fingerprint density at radius 3 is 2.48 bits per heavy atom. The van der Waals surface area contributed by atoms with Gasteiger partial charge in [-0.05, 0) is 6.07 Å². The Bertz CT molecular complexity index is 798. The second-order valence-corrected chi connectivity index (χ2v) is 5.40. The predicted octanol–water partition coefficient (Wildman–Crippen LogP) is 2.38. The van der Waals surface area contributed by atoms with Crippen molar-refractivity contribution in [2.75, 3.05) is 5.32 Å². The first-order valence-corrected chi connectivity index (χ1v) is 7.13. The van der Waals surface area contributed by atoms with Crippen molar-refractivity contribution in [2.45, 2.75) is 12.0 Å². The van der Waals surface area contributed by atoms with Crippen molar-refractivity contribution in [3.63, 3.8) is 0 Å². The minimum atomic E-state index is -1.92. The second-order valence-electron chi connectivity index (χ2n) is 5.40. The highest BCUT2D eigenvalue weighted by molar-refractivity contribution is 6.09. The fourth-order valence-electron chi connectivity index (χ4n) is 2.62. The lowest BCUT2D eigenvalue weighted by atomic mass is 9.89. The van der Waals surface area contributed by atoms with E-state index in [1.165, 1.54) is 0 Å². The zero-order valence-corrected chi connectivity index (χ0v) is 12.2. The number of para-hydroxylation sites is 1. The molecule has 2 aromatic rings. The third kappa shape index (κ3) is 2.74. The highest BCUT2D eigenvalue weighted by Gasteiger charge is 2.46. The molecule has 1 aliphatic heterocycles. The second kappa shape index (κ2) is 5.70. The summed E-state index contributed by atoms with van der Waals surface area (Å²) in [5.74, 6) is -1.38. The minimum Gasteiger partial charge on any atom is -0.507 e. The van der Waals surface area contributed by atoms with Crippen molar-refractivity contribution in [3.8, 4) is 0 Å². The van der Waals surface area contributed by atoms with Crippen LogP contribution in [-0.4, -0.2) is 21.9 Å². The minimum absolute atomic E-state index is 0.203. The van der Waals surface area contributed by atoms with E-state index >= 15 is 0 Å². The summed E-state index contributed by atoms with van der Waals surface area (Å²) in [4.78, 5) is 24.2. The van der Waals surface area contributed by atoms with E-state index in [9.17, 15) is 19.8 Å². The third-order valence-electron chi connectivity index (χ3n) is 3.79. The molecule has 5 nitrogen and oxygen atoms in total. The maximum atomic E-state index is 12.2. The van der Waals surface area contributed by atoms with Gasteiger partial charge in [-0.15, -0.1) is 0 Å². The molecule has 1 atom stereocenters. The van der Waals surface area contributed by atoms with Gasteiger partial charge in [-0.1, -0.05) is 48.5 Å². The van der Waals surface area contributed by atoms with Gasteiger partial charge in [0.05, 0.1) is 6.42 Å². The molecule has 0 bridgehead atoms. The van der Waals surface area contributed by atoms with Crippen LogP contribution in [-0.2, 0) is 15.2 Å². The van der Waals surface area contributed by atoms with Gasteiger partial charge in [0.1, 0.15) is 5.76 Å². The molecule has 5 heteroatoms. The number of carbonyl (C=O) groups is 2. The van der Waals surface area contributed by atoms with E-state index in [1.807, 2.05) is 0 Å². The van der Waals surface area contributed by atoms with Crippen LogP contribution in [0.25, 0.3) is 5.76 Å². The Balaban J connectivity index is 1.84. The van der Waals surface area contributed by atoms with Gasteiger partial charge in [-0.25, -0.2) is 0 Å². The summed E-state index contributed by atoms with van der Waals surface area (Å²) < 4.78 is 0. The van der Waals surface area contributed by atoms with Crippen LogP contribution in [0.1, 0.15) is 17.5 Å². The number of amides is 1. The molecule has 2 aromatic carbocycles. The van der Waals surface area contributed by atoms with Crippen LogP contribution in [0.2, 0.25) is 0 Å². The molecule has 3 N–H and O–H groups in total. The molecule has 0 spiro atoms. The van der Waals surface area contributed by atoms with Crippen molar-refractivity contribution in [2.24, 2.45) is 0 Å². The van der Waals surface area contributed by atoms with Crippen molar-refractivity contribution in [3.05, 3.63) is 71.8 Å². The number of allylic oxidation sites excluding steroid dienone is 1. The number of hydrogen-bond acceptors (Lipinski definition) is 4. The molecular weight excluding hydrogens is 294 g/mol. The van der Waals surface area contributed by atoms with Gasteiger partial charge in [0, 0.05) is 22.9 Å². The zero-order chi connectivity index (χ0) is 16.4. The number of hydrogen-bond donors (Lipinski definition) is 3. The van der Waals surface area contributed by atoms with Crippen LogP contribution in [0.15, 0.2) is 60.7 Å². The third-order valence-corrected chi connectivity index (χ3v) is 3.79. The summed E-state index contributed by atoms with van der Waals surface area (Å²) in [6.45, 7) is 0. The number of carbonyl (C=O) groups excluding carboxylic acids is 2. The van der Waals surface area contributed by atoms with Crippen LogP contribution in [0.3, 0.4) is 0 Å². The lowest BCUT2D eigenvalue weighted by Crippen LogP contribution is -2.36. The van der Waals surface area contributed by atoms with E-state index in [0.717, 1.165) is 6.08 Å². The first-order valence-electron chi connectivity index (χ1n) is 7.13. The molecule has 1 unspecified atom stereocenters. The van der Waals surface area contributed by atoms with E-state index in [4.69, 9.17) is 0 Å². The average Bonchev–Trinajstić information content (AvgIpc) is 2.79. The molecule has 0 saturated carbocycles.